The molecule has 1 heterocycles. The smallest absolute Gasteiger partial charge is 0.164 e. The highest BCUT2D eigenvalue weighted by atomic mass is 16.5. The molecule has 1 saturated carbocycles. The number of carbonyl (C=O) groups excluding carboxylic acids is 1. The Morgan fingerprint density at radius 3 is 2.65 bits per heavy atom. The molecule has 3 nitrogen and oxygen atoms in total. The number of ether oxygens (including phenoxy) is 2. The first-order chi connectivity index (χ1) is 8.27. The normalized spacial score (nSPS) is 28.2. The summed E-state index contributed by atoms with van der Waals surface area (Å²) in [5, 5.41) is 0. The number of hydrogen-bond acceptors (Lipinski definition) is 3. The molecule has 2 fully saturated rings. The largest absolute Gasteiger partial charge is 0.378 e. The van der Waals surface area contributed by atoms with Gasteiger partial charge in [-0.1, -0.05) is 19.3 Å². The van der Waals surface area contributed by atoms with Crippen LogP contribution in [0.15, 0.2) is 0 Å². The summed E-state index contributed by atoms with van der Waals surface area (Å²) >= 11 is 0. The Morgan fingerprint density at radius 1 is 1.29 bits per heavy atom. The van der Waals surface area contributed by atoms with Crippen molar-refractivity contribution < 1.29 is 14.3 Å². The van der Waals surface area contributed by atoms with Crippen molar-refractivity contribution in [3.63, 3.8) is 0 Å². The summed E-state index contributed by atoms with van der Waals surface area (Å²) in [4.78, 5) is 12.3. The number of hydrogen-bond donors (Lipinski definition) is 0. The van der Waals surface area contributed by atoms with Crippen molar-refractivity contribution in [3.8, 4) is 0 Å². The van der Waals surface area contributed by atoms with Crippen molar-refractivity contribution in [1.82, 2.24) is 0 Å². The molecule has 98 valence electrons. The Labute approximate surface area is 104 Å². The third-order valence-corrected chi connectivity index (χ3v) is 4.28. The number of rotatable bonds is 5. The van der Waals surface area contributed by atoms with E-state index in [1.807, 2.05) is 0 Å². The van der Waals surface area contributed by atoms with Crippen LogP contribution in [-0.2, 0) is 14.3 Å². The third kappa shape index (κ3) is 3.08. The van der Waals surface area contributed by atoms with E-state index in [9.17, 15) is 4.79 Å². The van der Waals surface area contributed by atoms with E-state index in [1.54, 1.807) is 7.11 Å². The molecule has 1 saturated heterocycles. The van der Waals surface area contributed by atoms with E-state index < -0.39 is 5.60 Å². The van der Waals surface area contributed by atoms with Gasteiger partial charge < -0.3 is 9.47 Å². The van der Waals surface area contributed by atoms with Crippen LogP contribution in [0, 0.1) is 0 Å². The summed E-state index contributed by atoms with van der Waals surface area (Å²) in [5.41, 5.74) is -0.461. The zero-order chi connectivity index (χ0) is 12.1. The van der Waals surface area contributed by atoms with E-state index in [1.165, 1.54) is 6.42 Å². The van der Waals surface area contributed by atoms with E-state index in [-0.39, 0.29) is 0 Å². The summed E-state index contributed by atoms with van der Waals surface area (Å²) in [6.45, 7) is 0.869. The minimum atomic E-state index is -0.461. The molecule has 0 aromatic rings. The van der Waals surface area contributed by atoms with Gasteiger partial charge in [-0.25, -0.2) is 0 Å². The first kappa shape index (κ1) is 13.0. The Kier molecular flexibility index (Phi) is 4.57. The van der Waals surface area contributed by atoms with E-state index in [0.717, 1.165) is 51.6 Å². The second kappa shape index (κ2) is 5.96. The lowest BCUT2D eigenvalue weighted by atomic mass is 9.80. The lowest BCUT2D eigenvalue weighted by Crippen LogP contribution is -2.42. The van der Waals surface area contributed by atoms with Crippen LogP contribution in [0.5, 0.6) is 0 Å². The monoisotopic (exact) mass is 240 g/mol. The molecule has 0 aromatic heterocycles. The lowest BCUT2D eigenvalue weighted by molar-refractivity contribution is -0.145. The van der Waals surface area contributed by atoms with Crippen LogP contribution in [0.1, 0.15) is 57.8 Å². The second-order valence-electron chi connectivity index (χ2n) is 5.36. The van der Waals surface area contributed by atoms with Crippen molar-refractivity contribution in [1.29, 1.82) is 0 Å². The third-order valence-electron chi connectivity index (χ3n) is 4.28. The van der Waals surface area contributed by atoms with Gasteiger partial charge >= 0.3 is 0 Å². The van der Waals surface area contributed by atoms with Gasteiger partial charge in [0.2, 0.25) is 0 Å². The Bertz CT molecular complexity index is 250. The number of carbonyl (C=O) groups is 1. The van der Waals surface area contributed by atoms with Crippen molar-refractivity contribution in [3.05, 3.63) is 0 Å². The molecule has 1 aliphatic heterocycles. The molecule has 0 radical (unpaired) electrons. The maximum atomic E-state index is 12.3. The molecule has 0 N–H and O–H groups in total. The molecular weight excluding hydrogens is 216 g/mol. The molecule has 1 atom stereocenters. The summed E-state index contributed by atoms with van der Waals surface area (Å²) in [6.07, 6.45) is 9.39. The van der Waals surface area contributed by atoms with Gasteiger partial charge in [0.1, 0.15) is 5.60 Å². The molecule has 0 bridgehead atoms. The highest BCUT2D eigenvalue weighted by molar-refractivity contribution is 5.87. The van der Waals surface area contributed by atoms with Crippen LogP contribution in [0.25, 0.3) is 0 Å². The van der Waals surface area contributed by atoms with Crippen LogP contribution in [0.4, 0.5) is 0 Å². The first-order valence-electron chi connectivity index (χ1n) is 6.97. The fraction of sp³-hybridized carbons (Fsp3) is 0.929. The molecule has 0 spiro atoms. The van der Waals surface area contributed by atoms with Crippen LogP contribution in [0.2, 0.25) is 0 Å². The van der Waals surface area contributed by atoms with Gasteiger partial charge in [0.15, 0.2) is 5.78 Å². The predicted octanol–water partition coefficient (Wildman–Crippen LogP) is 2.86. The molecule has 2 aliphatic rings. The number of ketones is 1. The van der Waals surface area contributed by atoms with Gasteiger partial charge in [0, 0.05) is 20.1 Å². The van der Waals surface area contributed by atoms with Crippen molar-refractivity contribution in [2.24, 2.45) is 0 Å². The fourth-order valence-corrected chi connectivity index (χ4v) is 3.11. The van der Waals surface area contributed by atoms with Gasteiger partial charge in [-0.15, -0.1) is 0 Å². The topological polar surface area (TPSA) is 35.5 Å². The van der Waals surface area contributed by atoms with Gasteiger partial charge in [0.05, 0.1) is 6.10 Å². The highest BCUT2D eigenvalue weighted by Crippen LogP contribution is 2.33. The van der Waals surface area contributed by atoms with E-state index in [0.29, 0.717) is 18.3 Å². The average Bonchev–Trinajstić information content (AvgIpc) is 2.90. The number of Topliss-reactive ketones (excluding diaryl/α,β-unsaturated/α-hetero) is 1. The maximum Gasteiger partial charge on any atom is 0.164 e. The lowest BCUT2D eigenvalue weighted by Gasteiger charge is -2.34. The van der Waals surface area contributed by atoms with Gasteiger partial charge in [-0.2, -0.15) is 0 Å². The Balaban J connectivity index is 1.83. The molecule has 17 heavy (non-hydrogen) atoms. The zero-order valence-electron chi connectivity index (χ0n) is 10.9. The van der Waals surface area contributed by atoms with Crippen LogP contribution in [0.3, 0.4) is 0 Å². The minimum absolute atomic E-state index is 0.301. The van der Waals surface area contributed by atoms with Crippen molar-refractivity contribution in [2.75, 3.05) is 13.7 Å². The zero-order valence-corrected chi connectivity index (χ0v) is 10.9. The summed E-state index contributed by atoms with van der Waals surface area (Å²) in [6, 6.07) is 0. The average molecular weight is 240 g/mol. The molecule has 3 heteroatoms. The highest BCUT2D eigenvalue weighted by Gasteiger charge is 2.39. The quantitative estimate of drug-likeness (QED) is 0.741. The van der Waals surface area contributed by atoms with Gasteiger partial charge in [-0.3, -0.25) is 4.79 Å². The number of methoxy groups -OCH3 is 1. The van der Waals surface area contributed by atoms with E-state index in [2.05, 4.69) is 0 Å². The fourth-order valence-electron chi connectivity index (χ4n) is 3.11. The summed E-state index contributed by atoms with van der Waals surface area (Å²) in [5.74, 6) is 0.301. The summed E-state index contributed by atoms with van der Waals surface area (Å²) < 4.78 is 11.1. The summed E-state index contributed by atoms with van der Waals surface area (Å²) in [7, 11) is 1.69. The Morgan fingerprint density at radius 2 is 2.06 bits per heavy atom. The second-order valence-corrected chi connectivity index (χ2v) is 5.36. The molecule has 1 unspecified atom stereocenters. The van der Waals surface area contributed by atoms with Crippen LogP contribution in [-0.4, -0.2) is 31.2 Å². The van der Waals surface area contributed by atoms with Crippen LogP contribution >= 0.6 is 0 Å². The van der Waals surface area contributed by atoms with Gasteiger partial charge in [0.25, 0.3) is 0 Å². The maximum absolute atomic E-state index is 12.3. The standard InChI is InChI=1S/C14H24O3/c1-16-14(9-3-2-4-10-14)13(15)8-7-12-6-5-11-17-12/h12H,2-11H2,1H3. The SMILES string of the molecule is COC1(C(=O)CCC2CCCO2)CCCCC1. The van der Waals surface area contributed by atoms with Crippen molar-refractivity contribution in [2.45, 2.75) is 69.5 Å². The predicted molar refractivity (Wildman–Crippen MR) is 66.0 cm³/mol. The van der Waals surface area contributed by atoms with E-state index in [4.69, 9.17) is 9.47 Å². The molecule has 1 aliphatic carbocycles. The van der Waals surface area contributed by atoms with E-state index >= 15 is 0 Å². The van der Waals surface area contributed by atoms with Gasteiger partial charge in [-0.05, 0) is 32.1 Å². The van der Waals surface area contributed by atoms with Crippen molar-refractivity contribution >= 4 is 5.78 Å². The molecule has 2 rings (SSSR count). The minimum Gasteiger partial charge on any atom is -0.378 e. The molecule has 0 amide bonds. The molecule has 0 aromatic carbocycles. The van der Waals surface area contributed by atoms with Crippen LogP contribution < -0.4 is 0 Å². The Hall–Kier alpha value is -0.410. The first-order valence-corrected chi connectivity index (χ1v) is 6.97. The molecular formula is C14H24O3.